The highest BCUT2D eigenvalue weighted by Gasteiger charge is 2.39. The topological polar surface area (TPSA) is 69.7 Å². The number of hydrogen-bond donors (Lipinski definition) is 1. The Balaban J connectivity index is 1.56. The van der Waals surface area contributed by atoms with Gasteiger partial charge in [-0.15, -0.1) is 0 Å². The number of benzene rings is 2. The van der Waals surface area contributed by atoms with E-state index in [-0.39, 0.29) is 33.4 Å². The molecule has 33 heavy (non-hydrogen) atoms. The second-order valence-electron chi connectivity index (χ2n) is 8.00. The number of nitrogens with one attached hydrogen (secondary N) is 1. The van der Waals surface area contributed by atoms with Crippen LogP contribution in [0.5, 0.6) is 0 Å². The van der Waals surface area contributed by atoms with Gasteiger partial charge in [0.25, 0.3) is 17.7 Å². The van der Waals surface area contributed by atoms with E-state index in [0.717, 1.165) is 37.1 Å². The number of likely N-dealkylation sites (tertiary alicyclic amines) is 1. The molecule has 0 bridgehead atoms. The van der Waals surface area contributed by atoms with Gasteiger partial charge in [0.2, 0.25) is 0 Å². The van der Waals surface area contributed by atoms with Crippen molar-refractivity contribution in [1.29, 1.82) is 0 Å². The molecular formula is C24H22Cl3N3O3. The fourth-order valence-electron chi connectivity index (χ4n) is 4.20. The number of halogens is 3. The molecule has 1 saturated heterocycles. The molecule has 2 heterocycles. The lowest BCUT2D eigenvalue weighted by Gasteiger charge is -2.35. The van der Waals surface area contributed by atoms with Crippen molar-refractivity contribution >= 4 is 63.9 Å². The highest BCUT2D eigenvalue weighted by molar-refractivity contribution is 6.53. The Morgan fingerprint density at radius 3 is 2.55 bits per heavy atom. The summed E-state index contributed by atoms with van der Waals surface area (Å²) in [6, 6.07) is 11.5. The summed E-state index contributed by atoms with van der Waals surface area (Å²) in [7, 11) is 0. The Kier molecular flexibility index (Phi) is 6.98. The first-order valence-corrected chi connectivity index (χ1v) is 11.9. The molecular weight excluding hydrogens is 485 g/mol. The van der Waals surface area contributed by atoms with E-state index in [2.05, 4.69) is 12.2 Å². The maximum atomic E-state index is 13.1. The van der Waals surface area contributed by atoms with Crippen LogP contribution in [0.1, 0.15) is 43.0 Å². The highest BCUT2D eigenvalue weighted by atomic mass is 35.5. The zero-order valence-corrected chi connectivity index (χ0v) is 20.2. The lowest BCUT2D eigenvalue weighted by atomic mass is 9.99. The van der Waals surface area contributed by atoms with Crippen molar-refractivity contribution in [3.63, 3.8) is 0 Å². The van der Waals surface area contributed by atoms with Gasteiger partial charge < -0.3 is 10.2 Å². The Morgan fingerprint density at radius 2 is 1.82 bits per heavy atom. The summed E-state index contributed by atoms with van der Waals surface area (Å²) in [5.41, 5.74) is 1.18. The largest absolute Gasteiger partial charge is 0.350 e. The van der Waals surface area contributed by atoms with E-state index < -0.39 is 11.8 Å². The van der Waals surface area contributed by atoms with Crippen molar-refractivity contribution in [2.45, 2.75) is 38.6 Å². The van der Waals surface area contributed by atoms with Crippen LogP contribution in [-0.4, -0.2) is 35.2 Å². The number of carbonyl (C=O) groups excluding carboxylic acids is 3. The van der Waals surface area contributed by atoms with E-state index in [1.807, 2.05) is 4.90 Å². The Labute approximate surface area is 207 Å². The molecule has 3 amide bonds. The maximum Gasteiger partial charge on any atom is 0.283 e. The molecule has 1 N–H and O–H groups in total. The third-order valence-corrected chi connectivity index (χ3v) is 7.02. The molecule has 4 rings (SSSR count). The minimum atomic E-state index is -0.672. The molecule has 0 saturated carbocycles. The van der Waals surface area contributed by atoms with Crippen LogP contribution in [0, 0.1) is 0 Å². The number of nitrogens with zero attached hydrogens (tertiary/aromatic N) is 2. The summed E-state index contributed by atoms with van der Waals surface area (Å²) in [6.07, 6.45) is 4.03. The normalized spacial score (nSPS) is 18.8. The zero-order chi connectivity index (χ0) is 23.7. The fourth-order valence-corrected chi connectivity index (χ4v) is 4.71. The first kappa shape index (κ1) is 23.6. The van der Waals surface area contributed by atoms with Gasteiger partial charge in [-0.1, -0.05) is 47.8 Å². The van der Waals surface area contributed by atoms with Gasteiger partial charge in [-0.05, 0) is 62.1 Å². The number of carbonyl (C=O) groups is 3. The Bertz CT molecular complexity index is 1160. The molecule has 6 nitrogen and oxygen atoms in total. The van der Waals surface area contributed by atoms with E-state index in [1.165, 1.54) is 18.2 Å². The van der Waals surface area contributed by atoms with Crippen molar-refractivity contribution in [2.75, 3.05) is 16.8 Å². The van der Waals surface area contributed by atoms with E-state index in [1.54, 1.807) is 24.3 Å². The molecule has 0 aliphatic carbocycles. The molecule has 2 aromatic rings. The Morgan fingerprint density at radius 1 is 1.03 bits per heavy atom. The van der Waals surface area contributed by atoms with Gasteiger partial charge in [0.1, 0.15) is 10.7 Å². The highest BCUT2D eigenvalue weighted by Crippen LogP contribution is 2.34. The quantitative estimate of drug-likeness (QED) is 0.518. The first-order valence-electron chi connectivity index (χ1n) is 10.7. The predicted molar refractivity (Wildman–Crippen MR) is 131 cm³/mol. The molecule has 2 aromatic carbocycles. The smallest absolute Gasteiger partial charge is 0.283 e. The van der Waals surface area contributed by atoms with Crippen molar-refractivity contribution in [2.24, 2.45) is 0 Å². The molecule has 9 heteroatoms. The third kappa shape index (κ3) is 4.60. The van der Waals surface area contributed by atoms with Crippen molar-refractivity contribution < 1.29 is 14.4 Å². The summed E-state index contributed by atoms with van der Waals surface area (Å²) < 4.78 is 0. The predicted octanol–water partition coefficient (Wildman–Crippen LogP) is 5.83. The lowest BCUT2D eigenvalue weighted by Crippen LogP contribution is -2.43. The molecule has 2 aliphatic heterocycles. The van der Waals surface area contributed by atoms with E-state index >= 15 is 0 Å². The summed E-state index contributed by atoms with van der Waals surface area (Å²) in [6.45, 7) is 2.82. The van der Waals surface area contributed by atoms with Crippen LogP contribution >= 0.6 is 34.8 Å². The van der Waals surface area contributed by atoms with Gasteiger partial charge in [0, 0.05) is 23.8 Å². The molecule has 0 radical (unpaired) electrons. The van der Waals surface area contributed by atoms with Crippen LogP contribution in [0.25, 0.3) is 0 Å². The van der Waals surface area contributed by atoms with Gasteiger partial charge in [-0.3, -0.25) is 14.4 Å². The van der Waals surface area contributed by atoms with Gasteiger partial charge in [0.05, 0.1) is 15.7 Å². The number of amides is 3. The van der Waals surface area contributed by atoms with E-state index in [4.69, 9.17) is 34.8 Å². The fraction of sp³-hybridized carbons (Fsp3) is 0.292. The molecule has 1 unspecified atom stereocenters. The van der Waals surface area contributed by atoms with Crippen LogP contribution in [0.2, 0.25) is 10.0 Å². The monoisotopic (exact) mass is 505 g/mol. The number of rotatable bonds is 5. The minimum absolute atomic E-state index is 0.0449. The average molecular weight is 507 g/mol. The van der Waals surface area contributed by atoms with E-state index in [0.29, 0.717) is 16.3 Å². The molecule has 1 atom stereocenters. The average Bonchev–Trinajstić information content (AvgIpc) is 3.03. The number of anilines is 2. The molecule has 2 aliphatic rings. The van der Waals surface area contributed by atoms with Crippen LogP contribution in [0.4, 0.5) is 11.4 Å². The molecule has 0 spiro atoms. The van der Waals surface area contributed by atoms with Crippen LogP contribution in [0.3, 0.4) is 0 Å². The zero-order valence-electron chi connectivity index (χ0n) is 17.9. The minimum Gasteiger partial charge on any atom is -0.350 e. The molecule has 0 aromatic heterocycles. The van der Waals surface area contributed by atoms with Crippen molar-refractivity contribution in [3.05, 3.63) is 68.8 Å². The summed E-state index contributed by atoms with van der Waals surface area (Å²) in [5, 5.41) is 3.19. The maximum absolute atomic E-state index is 13.1. The van der Waals surface area contributed by atoms with Gasteiger partial charge >= 0.3 is 0 Å². The van der Waals surface area contributed by atoms with Gasteiger partial charge in [0.15, 0.2) is 0 Å². The number of imide groups is 1. The summed E-state index contributed by atoms with van der Waals surface area (Å²) in [5.74, 6) is -1.34. The van der Waals surface area contributed by atoms with Crippen molar-refractivity contribution in [1.82, 2.24) is 4.90 Å². The van der Waals surface area contributed by atoms with Crippen LogP contribution < -0.4 is 10.2 Å². The molecule has 1 fully saturated rings. The molecule has 172 valence electrons. The van der Waals surface area contributed by atoms with Crippen LogP contribution in [-0.2, 0) is 9.59 Å². The standard InChI is InChI=1S/C24H22Cl3N3O3/c1-2-16-8-3-4-11-29(16)22(31)14-6-5-7-15(12-14)28-21-20(27)23(32)30(24(21)33)17-9-10-18(25)19(26)13-17/h5-7,9-10,12-13,16,28H,2-4,8,11H2,1H3. The lowest BCUT2D eigenvalue weighted by molar-refractivity contribution is -0.120. The van der Waals surface area contributed by atoms with Gasteiger partial charge in [-0.25, -0.2) is 4.90 Å². The Hall–Kier alpha value is -2.54. The summed E-state index contributed by atoms with van der Waals surface area (Å²) in [4.78, 5) is 41.7. The number of hydrogen-bond acceptors (Lipinski definition) is 4. The van der Waals surface area contributed by atoms with Crippen molar-refractivity contribution in [3.8, 4) is 0 Å². The first-order chi connectivity index (χ1) is 15.8. The van der Waals surface area contributed by atoms with Crippen LogP contribution in [0.15, 0.2) is 53.2 Å². The number of piperidine rings is 1. The second-order valence-corrected chi connectivity index (χ2v) is 9.19. The summed E-state index contributed by atoms with van der Waals surface area (Å²) >= 11 is 18.2. The third-order valence-electron chi connectivity index (χ3n) is 5.93. The SMILES string of the molecule is CCC1CCCCN1C(=O)c1cccc(NC2=C(Cl)C(=O)N(c3ccc(Cl)c(Cl)c3)C2=O)c1. The van der Waals surface area contributed by atoms with Gasteiger partial charge in [-0.2, -0.15) is 0 Å². The second kappa shape index (κ2) is 9.75. The van der Waals surface area contributed by atoms with E-state index in [9.17, 15) is 14.4 Å².